The molecule has 1 aromatic heterocycles. The van der Waals surface area contributed by atoms with Crippen molar-refractivity contribution < 1.29 is 9.15 Å². The van der Waals surface area contributed by atoms with E-state index >= 15 is 0 Å². The van der Waals surface area contributed by atoms with E-state index in [4.69, 9.17) is 20.8 Å². The van der Waals surface area contributed by atoms with Crippen LogP contribution in [0, 0.1) is 6.92 Å². The summed E-state index contributed by atoms with van der Waals surface area (Å²) in [6.45, 7) is 7.41. The molecule has 0 spiro atoms. The Morgan fingerprint density at radius 2 is 2.10 bits per heavy atom. The van der Waals surface area contributed by atoms with Gasteiger partial charge in [0.25, 0.3) is 0 Å². The Hall–Kier alpha value is -1.45. The Kier molecular flexibility index (Phi) is 5.10. The van der Waals surface area contributed by atoms with Crippen molar-refractivity contribution in [1.82, 2.24) is 5.32 Å². The van der Waals surface area contributed by atoms with Gasteiger partial charge in [0.1, 0.15) is 18.1 Å². The summed E-state index contributed by atoms with van der Waals surface area (Å²) < 4.78 is 11.2. The first-order valence-electron chi connectivity index (χ1n) is 6.73. The SMILES string of the molecule is Cc1ccc(Cl)c(OCc2cc(CNC(C)C)co2)c1. The fourth-order valence-electron chi connectivity index (χ4n) is 1.79. The molecule has 0 radical (unpaired) electrons. The summed E-state index contributed by atoms with van der Waals surface area (Å²) in [5, 5.41) is 3.96. The third kappa shape index (κ3) is 4.29. The summed E-state index contributed by atoms with van der Waals surface area (Å²) in [4.78, 5) is 0. The minimum Gasteiger partial charge on any atom is -0.484 e. The van der Waals surface area contributed by atoms with E-state index in [9.17, 15) is 0 Å². The Bertz CT molecular complexity index is 563. The van der Waals surface area contributed by atoms with Crippen molar-refractivity contribution in [2.24, 2.45) is 0 Å². The van der Waals surface area contributed by atoms with E-state index in [1.807, 2.05) is 31.2 Å². The van der Waals surface area contributed by atoms with E-state index in [-0.39, 0.29) is 0 Å². The molecule has 0 atom stereocenters. The van der Waals surface area contributed by atoms with Crippen LogP contribution in [0.25, 0.3) is 0 Å². The zero-order valence-corrected chi connectivity index (χ0v) is 12.8. The van der Waals surface area contributed by atoms with Crippen molar-refractivity contribution in [3.05, 3.63) is 52.4 Å². The molecule has 0 aliphatic carbocycles. The highest BCUT2D eigenvalue weighted by atomic mass is 35.5. The maximum atomic E-state index is 6.09. The number of aryl methyl sites for hydroxylation is 1. The van der Waals surface area contributed by atoms with Crippen LogP contribution in [0.3, 0.4) is 0 Å². The van der Waals surface area contributed by atoms with Crippen molar-refractivity contribution in [3.63, 3.8) is 0 Å². The fraction of sp³-hybridized carbons (Fsp3) is 0.375. The molecule has 20 heavy (non-hydrogen) atoms. The summed E-state index contributed by atoms with van der Waals surface area (Å²) in [6.07, 6.45) is 1.76. The third-order valence-electron chi connectivity index (χ3n) is 2.88. The molecular weight excluding hydrogens is 274 g/mol. The minimum atomic E-state index is 0.380. The first kappa shape index (κ1) is 14.9. The lowest BCUT2D eigenvalue weighted by Crippen LogP contribution is -2.21. The largest absolute Gasteiger partial charge is 0.484 e. The van der Waals surface area contributed by atoms with Gasteiger partial charge in [-0.1, -0.05) is 31.5 Å². The Balaban J connectivity index is 1.92. The molecular formula is C16H20ClNO2. The molecule has 0 saturated heterocycles. The zero-order chi connectivity index (χ0) is 14.5. The predicted molar refractivity (Wildman–Crippen MR) is 81.2 cm³/mol. The fourth-order valence-corrected chi connectivity index (χ4v) is 1.96. The van der Waals surface area contributed by atoms with Crippen LogP contribution in [-0.4, -0.2) is 6.04 Å². The van der Waals surface area contributed by atoms with E-state index in [0.717, 1.165) is 23.4 Å². The van der Waals surface area contributed by atoms with Gasteiger partial charge in [-0.05, 0) is 30.7 Å². The second kappa shape index (κ2) is 6.82. The first-order chi connectivity index (χ1) is 9.54. The minimum absolute atomic E-state index is 0.380. The maximum Gasteiger partial charge on any atom is 0.146 e. The molecule has 1 N–H and O–H groups in total. The molecule has 2 aromatic rings. The Morgan fingerprint density at radius 1 is 1.30 bits per heavy atom. The van der Waals surface area contributed by atoms with Gasteiger partial charge in [0, 0.05) is 18.2 Å². The first-order valence-corrected chi connectivity index (χ1v) is 7.11. The van der Waals surface area contributed by atoms with Crippen LogP contribution >= 0.6 is 11.6 Å². The van der Waals surface area contributed by atoms with Crippen LogP contribution < -0.4 is 10.1 Å². The van der Waals surface area contributed by atoms with Gasteiger partial charge < -0.3 is 14.5 Å². The molecule has 2 rings (SSSR count). The van der Waals surface area contributed by atoms with Gasteiger partial charge in [0.2, 0.25) is 0 Å². The molecule has 0 unspecified atom stereocenters. The summed E-state index contributed by atoms with van der Waals surface area (Å²) in [5.74, 6) is 1.48. The Morgan fingerprint density at radius 3 is 2.85 bits per heavy atom. The highest BCUT2D eigenvalue weighted by Crippen LogP contribution is 2.26. The van der Waals surface area contributed by atoms with E-state index in [2.05, 4.69) is 19.2 Å². The van der Waals surface area contributed by atoms with Crippen LogP contribution in [-0.2, 0) is 13.2 Å². The summed E-state index contributed by atoms with van der Waals surface area (Å²) in [5.41, 5.74) is 2.23. The highest BCUT2D eigenvalue weighted by molar-refractivity contribution is 6.32. The van der Waals surface area contributed by atoms with E-state index < -0.39 is 0 Å². The van der Waals surface area contributed by atoms with Gasteiger partial charge in [0.05, 0.1) is 11.3 Å². The number of rotatable bonds is 6. The standard InChI is InChI=1S/C16H20ClNO2/c1-11(2)18-8-13-7-14(19-9-13)10-20-16-6-12(3)4-5-15(16)17/h4-7,9,11,18H,8,10H2,1-3H3. The third-order valence-corrected chi connectivity index (χ3v) is 3.19. The smallest absolute Gasteiger partial charge is 0.146 e. The monoisotopic (exact) mass is 293 g/mol. The number of benzene rings is 1. The molecule has 1 aromatic carbocycles. The van der Waals surface area contributed by atoms with Gasteiger partial charge in [-0.25, -0.2) is 0 Å². The van der Waals surface area contributed by atoms with Gasteiger partial charge in [-0.3, -0.25) is 0 Å². The van der Waals surface area contributed by atoms with E-state index in [1.165, 1.54) is 0 Å². The van der Waals surface area contributed by atoms with E-state index in [1.54, 1.807) is 6.26 Å². The molecule has 0 saturated carbocycles. The molecule has 1 heterocycles. The lowest BCUT2D eigenvalue weighted by Gasteiger charge is -2.07. The second-order valence-electron chi connectivity index (χ2n) is 5.18. The quantitative estimate of drug-likeness (QED) is 0.861. The summed E-state index contributed by atoms with van der Waals surface area (Å²) in [6, 6.07) is 8.17. The van der Waals surface area contributed by atoms with Crippen molar-refractivity contribution in [3.8, 4) is 5.75 Å². The highest BCUT2D eigenvalue weighted by Gasteiger charge is 2.06. The lowest BCUT2D eigenvalue weighted by molar-refractivity contribution is 0.270. The van der Waals surface area contributed by atoms with E-state index in [0.29, 0.717) is 23.4 Å². The topological polar surface area (TPSA) is 34.4 Å². The predicted octanol–water partition coefficient (Wildman–Crippen LogP) is 4.32. The molecule has 0 bridgehead atoms. The van der Waals surface area contributed by atoms with Gasteiger partial charge in [-0.15, -0.1) is 0 Å². The normalized spacial score (nSPS) is 11.1. The van der Waals surface area contributed by atoms with Crippen LogP contribution in [0.2, 0.25) is 5.02 Å². The lowest BCUT2D eigenvalue weighted by atomic mass is 10.2. The van der Waals surface area contributed by atoms with Crippen molar-refractivity contribution in [2.75, 3.05) is 0 Å². The average Bonchev–Trinajstić information content (AvgIpc) is 2.85. The number of hydrogen-bond donors (Lipinski definition) is 1. The molecule has 108 valence electrons. The molecule has 0 aliphatic heterocycles. The average molecular weight is 294 g/mol. The molecule has 0 amide bonds. The molecule has 4 heteroatoms. The van der Waals surface area contributed by atoms with Crippen LogP contribution in [0.4, 0.5) is 0 Å². The summed E-state index contributed by atoms with van der Waals surface area (Å²) in [7, 11) is 0. The number of halogens is 1. The van der Waals surface area contributed by atoms with Gasteiger partial charge >= 0.3 is 0 Å². The number of furan rings is 1. The zero-order valence-electron chi connectivity index (χ0n) is 12.1. The van der Waals surface area contributed by atoms with Gasteiger partial charge in [0.15, 0.2) is 0 Å². The number of nitrogens with one attached hydrogen (secondary N) is 1. The summed E-state index contributed by atoms with van der Waals surface area (Å²) >= 11 is 6.09. The van der Waals surface area contributed by atoms with Crippen LogP contribution in [0.5, 0.6) is 5.75 Å². The Labute approximate surface area is 124 Å². The van der Waals surface area contributed by atoms with Gasteiger partial charge in [-0.2, -0.15) is 0 Å². The molecule has 3 nitrogen and oxygen atoms in total. The maximum absolute atomic E-state index is 6.09. The number of hydrogen-bond acceptors (Lipinski definition) is 3. The van der Waals surface area contributed by atoms with Crippen molar-refractivity contribution in [1.29, 1.82) is 0 Å². The number of ether oxygens (including phenoxy) is 1. The molecule has 0 fully saturated rings. The van der Waals surface area contributed by atoms with Crippen molar-refractivity contribution in [2.45, 2.75) is 40.0 Å². The second-order valence-corrected chi connectivity index (χ2v) is 5.59. The van der Waals surface area contributed by atoms with Crippen LogP contribution in [0.15, 0.2) is 34.9 Å². The van der Waals surface area contributed by atoms with Crippen molar-refractivity contribution >= 4 is 11.6 Å². The molecule has 0 aliphatic rings. The van der Waals surface area contributed by atoms with Crippen LogP contribution in [0.1, 0.15) is 30.7 Å².